The van der Waals surface area contributed by atoms with Gasteiger partial charge < -0.3 is 10.0 Å². The topological polar surface area (TPSA) is 40.5 Å². The van der Waals surface area contributed by atoms with Crippen molar-refractivity contribution in [3.8, 4) is 5.75 Å². The van der Waals surface area contributed by atoms with Gasteiger partial charge in [0.2, 0.25) is 5.91 Å². The second kappa shape index (κ2) is 5.34. The summed E-state index contributed by atoms with van der Waals surface area (Å²) in [5, 5.41) is 9.46. The first-order chi connectivity index (χ1) is 9.30. The van der Waals surface area contributed by atoms with Gasteiger partial charge in [0, 0.05) is 12.5 Å². The fraction of sp³-hybridized carbons (Fsp3) is 0.500. The van der Waals surface area contributed by atoms with Gasteiger partial charge in [-0.3, -0.25) is 4.79 Å². The van der Waals surface area contributed by atoms with Crippen LogP contribution in [-0.2, 0) is 17.8 Å². The van der Waals surface area contributed by atoms with Crippen LogP contribution in [0.1, 0.15) is 24.5 Å². The van der Waals surface area contributed by atoms with E-state index in [-0.39, 0.29) is 12.3 Å². The van der Waals surface area contributed by atoms with Gasteiger partial charge in [-0.15, -0.1) is 0 Å². The second-order valence-electron chi connectivity index (χ2n) is 5.07. The molecule has 1 aromatic carbocycles. The minimum absolute atomic E-state index is 0.00175. The largest absolute Gasteiger partial charge is 0.508 e. The molecule has 1 N–H and O–H groups in total. The van der Waals surface area contributed by atoms with E-state index in [2.05, 4.69) is 0 Å². The Balaban J connectivity index is 2.36. The molecule has 0 saturated carbocycles. The van der Waals surface area contributed by atoms with Crippen LogP contribution < -0.4 is 0 Å². The van der Waals surface area contributed by atoms with Crippen LogP contribution in [0.5, 0.6) is 5.75 Å². The Morgan fingerprint density at radius 2 is 2.05 bits per heavy atom. The number of phenolic OH excluding ortho intramolecular Hbond substituents is 1. The molecule has 0 bridgehead atoms. The summed E-state index contributed by atoms with van der Waals surface area (Å²) in [6.07, 6.45) is -3.51. The van der Waals surface area contributed by atoms with E-state index in [1.807, 2.05) is 0 Å². The van der Waals surface area contributed by atoms with Crippen molar-refractivity contribution in [3.63, 3.8) is 0 Å². The van der Waals surface area contributed by atoms with Crippen LogP contribution in [0.15, 0.2) is 18.2 Å². The molecule has 0 fully saturated rings. The van der Waals surface area contributed by atoms with Crippen LogP contribution in [0.4, 0.5) is 13.2 Å². The number of alkyl halides is 3. The lowest BCUT2D eigenvalue weighted by Crippen LogP contribution is -2.40. The summed E-state index contributed by atoms with van der Waals surface area (Å²) in [5.74, 6) is -0.915. The summed E-state index contributed by atoms with van der Waals surface area (Å²) in [5.41, 5.74) is 1.41. The third kappa shape index (κ3) is 3.23. The molecule has 2 rings (SSSR count). The molecule has 0 spiro atoms. The highest BCUT2D eigenvalue weighted by Gasteiger charge is 2.37. The van der Waals surface area contributed by atoms with Gasteiger partial charge in [-0.05, 0) is 36.1 Å². The van der Waals surface area contributed by atoms with E-state index in [4.69, 9.17) is 0 Å². The van der Waals surface area contributed by atoms with Gasteiger partial charge in [0.15, 0.2) is 0 Å². The molecule has 6 heteroatoms. The zero-order valence-corrected chi connectivity index (χ0v) is 11.1. The molecule has 1 amide bonds. The average Bonchev–Trinajstić information content (AvgIpc) is 2.46. The standard InChI is InChI=1S/C14H16F3NO2/c1-2-9-5-10-3-4-12(19)6-11(10)7-18(13(9)20)8-14(15,16)17/h3-4,6,9,19H,2,5,7-8H2,1H3/t9-/m1/s1. The third-order valence-corrected chi connectivity index (χ3v) is 3.54. The first-order valence-corrected chi connectivity index (χ1v) is 6.46. The second-order valence-corrected chi connectivity index (χ2v) is 5.07. The lowest BCUT2D eigenvalue weighted by molar-refractivity contribution is -0.164. The number of nitrogens with zero attached hydrogens (tertiary/aromatic N) is 1. The summed E-state index contributed by atoms with van der Waals surface area (Å²) in [7, 11) is 0. The zero-order chi connectivity index (χ0) is 14.9. The molecule has 20 heavy (non-hydrogen) atoms. The van der Waals surface area contributed by atoms with E-state index < -0.39 is 24.5 Å². The highest BCUT2D eigenvalue weighted by Crippen LogP contribution is 2.29. The summed E-state index contributed by atoms with van der Waals surface area (Å²) < 4.78 is 37.8. The Labute approximate surface area is 115 Å². The Morgan fingerprint density at radius 3 is 2.65 bits per heavy atom. The Kier molecular flexibility index (Phi) is 3.92. The first kappa shape index (κ1) is 14.7. The van der Waals surface area contributed by atoms with E-state index in [1.165, 1.54) is 12.1 Å². The smallest absolute Gasteiger partial charge is 0.406 e. The van der Waals surface area contributed by atoms with Crippen molar-refractivity contribution < 1.29 is 23.1 Å². The van der Waals surface area contributed by atoms with Crippen molar-refractivity contribution in [1.82, 2.24) is 4.90 Å². The molecule has 1 aliphatic heterocycles. The predicted octanol–water partition coefficient (Wildman–Crippen LogP) is 2.87. The number of carbonyl (C=O) groups excluding carboxylic acids is 1. The molecule has 0 aliphatic carbocycles. The van der Waals surface area contributed by atoms with Crippen molar-refractivity contribution in [2.24, 2.45) is 5.92 Å². The van der Waals surface area contributed by atoms with Crippen LogP contribution >= 0.6 is 0 Å². The molecular weight excluding hydrogens is 271 g/mol. The van der Waals surface area contributed by atoms with Gasteiger partial charge in [0.05, 0.1) is 0 Å². The van der Waals surface area contributed by atoms with Crippen molar-refractivity contribution in [3.05, 3.63) is 29.3 Å². The van der Waals surface area contributed by atoms with Gasteiger partial charge in [0.25, 0.3) is 0 Å². The minimum atomic E-state index is -4.42. The lowest BCUT2D eigenvalue weighted by atomic mass is 9.95. The van der Waals surface area contributed by atoms with Crippen molar-refractivity contribution >= 4 is 5.91 Å². The van der Waals surface area contributed by atoms with Crippen LogP contribution in [0, 0.1) is 5.92 Å². The molecule has 1 atom stereocenters. The quantitative estimate of drug-likeness (QED) is 0.908. The predicted molar refractivity (Wildman–Crippen MR) is 67.1 cm³/mol. The number of benzene rings is 1. The number of amides is 1. The van der Waals surface area contributed by atoms with E-state index in [0.29, 0.717) is 18.4 Å². The van der Waals surface area contributed by atoms with Crippen LogP contribution in [0.2, 0.25) is 0 Å². The average molecular weight is 287 g/mol. The highest BCUT2D eigenvalue weighted by molar-refractivity contribution is 5.80. The summed E-state index contributed by atoms with van der Waals surface area (Å²) in [6.45, 7) is 0.426. The minimum Gasteiger partial charge on any atom is -0.508 e. The fourth-order valence-electron chi connectivity index (χ4n) is 2.52. The molecular formula is C14H16F3NO2. The number of carbonyl (C=O) groups is 1. The summed E-state index contributed by atoms with van der Waals surface area (Å²) in [4.78, 5) is 13.0. The number of fused-ring (bicyclic) bond motifs is 1. The van der Waals surface area contributed by atoms with Crippen LogP contribution in [0.3, 0.4) is 0 Å². The highest BCUT2D eigenvalue weighted by atomic mass is 19.4. The third-order valence-electron chi connectivity index (χ3n) is 3.54. The van der Waals surface area contributed by atoms with Crippen LogP contribution in [-0.4, -0.2) is 28.6 Å². The fourth-order valence-corrected chi connectivity index (χ4v) is 2.52. The zero-order valence-electron chi connectivity index (χ0n) is 11.1. The Morgan fingerprint density at radius 1 is 1.35 bits per heavy atom. The van der Waals surface area contributed by atoms with Gasteiger partial charge in [0.1, 0.15) is 12.3 Å². The number of halogens is 3. The van der Waals surface area contributed by atoms with Crippen LogP contribution in [0.25, 0.3) is 0 Å². The number of hydrogen-bond acceptors (Lipinski definition) is 2. The Bertz CT molecular complexity index is 514. The van der Waals surface area contributed by atoms with Crippen molar-refractivity contribution in [2.75, 3.05) is 6.54 Å². The van der Waals surface area contributed by atoms with E-state index in [9.17, 15) is 23.1 Å². The Hall–Kier alpha value is -1.72. The summed E-state index contributed by atoms with van der Waals surface area (Å²) in [6, 6.07) is 4.61. The molecule has 1 aliphatic rings. The normalized spacial score (nSPS) is 19.7. The first-order valence-electron chi connectivity index (χ1n) is 6.46. The number of hydrogen-bond donors (Lipinski definition) is 1. The number of phenols is 1. The molecule has 3 nitrogen and oxygen atoms in total. The van der Waals surface area contributed by atoms with E-state index >= 15 is 0 Å². The van der Waals surface area contributed by atoms with Gasteiger partial charge in [-0.25, -0.2) is 0 Å². The number of rotatable bonds is 2. The van der Waals surface area contributed by atoms with Gasteiger partial charge in [-0.1, -0.05) is 13.0 Å². The molecule has 0 unspecified atom stereocenters. The van der Waals surface area contributed by atoms with E-state index in [0.717, 1.165) is 10.5 Å². The van der Waals surface area contributed by atoms with E-state index in [1.54, 1.807) is 13.0 Å². The maximum absolute atomic E-state index is 12.6. The summed E-state index contributed by atoms with van der Waals surface area (Å²) >= 11 is 0. The lowest BCUT2D eigenvalue weighted by Gasteiger charge is -2.25. The molecule has 0 saturated heterocycles. The SMILES string of the molecule is CC[C@@H]1Cc2ccc(O)cc2CN(CC(F)(F)F)C1=O. The molecule has 110 valence electrons. The van der Waals surface area contributed by atoms with Gasteiger partial charge >= 0.3 is 6.18 Å². The van der Waals surface area contributed by atoms with Crippen molar-refractivity contribution in [2.45, 2.75) is 32.5 Å². The molecule has 1 aromatic rings. The van der Waals surface area contributed by atoms with Gasteiger partial charge in [-0.2, -0.15) is 13.2 Å². The number of aromatic hydroxyl groups is 1. The maximum Gasteiger partial charge on any atom is 0.406 e. The van der Waals surface area contributed by atoms with Crippen molar-refractivity contribution in [1.29, 1.82) is 0 Å². The monoisotopic (exact) mass is 287 g/mol. The molecule has 0 aromatic heterocycles. The molecule has 1 heterocycles. The maximum atomic E-state index is 12.6. The molecule has 0 radical (unpaired) electrons.